The van der Waals surface area contributed by atoms with Crippen molar-refractivity contribution in [3.05, 3.63) is 0 Å². The number of halogens is 2. The summed E-state index contributed by atoms with van der Waals surface area (Å²) in [6, 6.07) is 0. The van der Waals surface area contributed by atoms with Crippen LogP contribution in [0.5, 0.6) is 0 Å². The zero-order valence-electron chi connectivity index (χ0n) is 6.15. The normalized spacial score (nSPS) is 14.9. The Balaban J connectivity index is 4.23. The van der Waals surface area contributed by atoms with Gasteiger partial charge in [-0.25, -0.2) is 0 Å². The van der Waals surface area contributed by atoms with Crippen LogP contribution in [0.3, 0.4) is 0 Å². The van der Waals surface area contributed by atoms with E-state index in [1.165, 1.54) is 11.8 Å². The van der Waals surface area contributed by atoms with E-state index in [-0.39, 0.29) is 9.95 Å². The molecule has 0 spiro atoms. The predicted octanol–water partition coefficient (Wildman–Crippen LogP) is 2.71. The van der Waals surface area contributed by atoms with E-state index >= 15 is 0 Å². The lowest BCUT2D eigenvalue weighted by Gasteiger charge is -2.23. The van der Waals surface area contributed by atoms with E-state index in [0.29, 0.717) is 0 Å². The molecule has 0 saturated heterocycles. The molecule has 0 amide bonds. The van der Waals surface area contributed by atoms with Crippen molar-refractivity contribution >= 4 is 40.2 Å². The molecule has 1 atom stereocenters. The third kappa shape index (κ3) is 2.33. The third-order valence-electron chi connectivity index (χ3n) is 1.28. The summed E-state index contributed by atoms with van der Waals surface area (Å²) < 4.78 is -0.252. The van der Waals surface area contributed by atoms with Crippen molar-refractivity contribution in [2.45, 2.75) is 18.6 Å². The van der Waals surface area contributed by atoms with Crippen LogP contribution < -0.4 is 0 Å². The van der Waals surface area contributed by atoms with E-state index < -0.39 is 5.41 Å². The molecule has 0 aromatic heterocycles. The van der Waals surface area contributed by atoms with Crippen LogP contribution in [0.15, 0.2) is 0 Å². The second-order valence-electron chi connectivity index (χ2n) is 2.55. The van der Waals surface area contributed by atoms with Crippen LogP contribution in [0, 0.1) is 5.41 Å². The smallest absolute Gasteiger partial charge is 0.229 e. The molecular weight excluding hydrogens is 191 g/mol. The van der Waals surface area contributed by atoms with Crippen LogP contribution in [0.4, 0.5) is 0 Å². The quantitative estimate of drug-likeness (QED) is 0.515. The van der Waals surface area contributed by atoms with Gasteiger partial charge in [0, 0.05) is 0 Å². The molecule has 0 N–H and O–H groups in total. The van der Waals surface area contributed by atoms with Crippen LogP contribution in [0.2, 0.25) is 0 Å². The van der Waals surface area contributed by atoms with Crippen molar-refractivity contribution in [2.24, 2.45) is 5.41 Å². The average Bonchev–Trinajstić information content (AvgIpc) is 1.86. The van der Waals surface area contributed by atoms with Crippen LogP contribution >= 0.6 is 35.0 Å². The number of hydrogen-bond acceptors (Lipinski definition) is 2. The molecule has 4 heteroatoms. The molecule has 0 rings (SSSR count). The van der Waals surface area contributed by atoms with Gasteiger partial charge in [0.15, 0.2) is 0 Å². The molecule has 0 aliphatic carbocycles. The fourth-order valence-corrected chi connectivity index (χ4v) is 1.41. The van der Waals surface area contributed by atoms with Gasteiger partial charge in [-0.15, -0.1) is 23.4 Å². The summed E-state index contributed by atoms with van der Waals surface area (Å²) >= 11 is 12.5. The summed E-state index contributed by atoms with van der Waals surface area (Å²) in [4.78, 5) is 10.7. The lowest BCUT2D eigenvalue weighted by atomic mass is 9.99. The number of hydrogen-bond donors (Lipinski definition) is 0. The molecule has 0 fully saturated rings. The molecule has 0 aliphatic rings. The Morgan fingerprint density at radius 1 is 1.60 bits per heavy atom. The minimum Gasteiger partial charge on any atom is -0.281 e. The molecular formula is C6H10Cl2OS. The lowest BCUT2D eigenvalue weighted by Crippen LogP contribution is -2.28. The standard InChI is InChI=1S/C6H10Cl2OS/c1-6(2,4(7)9)5(8)10-3/h5H,1-3H3. The van der Waals surface area contributed by atoms with Gasteiger partial charge in [0.1, 0.15) is 0 Å². The number of carbonyl (C=O) groups excluding carboxylic acids is 1. The van der Waals surface area contributed by atoms with Crippen molar-refractivity contribution in [1.82, 2.24) is 0 Å². The fraction of sp³-hybridized carbons (Fsp3) is 0.833. The summed E-state index contributed by atoms with van der Waals surface area (Å²) in [6.07, 6.45) is 1.85. The number of alkyl halides is 1. The second kappa shape index (κ2) is 3.84. The maximum atomic E-state index is 10.7. The van der Waals surface area contributed by atoms with Crippen LogP contribution in [-0.4, -0.2) is 16.2 Å². The Morgan fingerprint density at radius 2 is 2.00 bits per heavy atom. The van der Waals surface area contributed by atoms with E-state index in [4.69, 9.17) is 23.2 Å². The maximum absolute atomic E-state index is 10.7. The maximum Gasteiger partial charge on any atom is 0.229 e. The van der Waals surface area contributed by atoms with Gasteiger partial charge in [0.2, 0.25) is 5.24 Å². The van der Waals surface area contributed by atoms with Crippen molar-refractivity contribution in [1.29, 1.82) is 0 Å². The third-order valence-corrected chi connectivity index (χ3v) is 3.85. The molecule has 0 aromatic carbocycles. The molecule has 60 valence electrons. The van der Waals surface area contributed by atoms with Gasteiger partial charge in [-0.05, 0) is 31.7 Å². The Bertz CT molecular complexity index is 136. The van der Waals surface area contributed by atoms with Gasteiger partial charge >= 0.3 is 0 Å². The Labute approximate surface area is 75.5 Å². The zero-order chi connectivity index (χ0) is 8.36. The molecule has 0 aliphatic heterocycles. The SMILES string of the molecule is CSC(Cl)C(C)(C)C(=O)Cl. The summed E-state index contributed by atoms with van der Waals surface area (Å²) in [5, 5.41) is -0.387. The molecule has 10 heavy (non-hydrogen) atoms. The zero-order valence-corrected chi connectivity index (χ0v) is 8.48. The largest absolute Gasteiger partial charge is 0.281 e. The first-order valence-electron chi connectivity index (χ1n) is 2.79. The summed E-state index contributed by atoms with van der Waals surface area (Å²) in [5.74, 6) is 0. The number of rotatable bonds is 3. The number of carbonyl (C=O) groups is 1. The minimum atomic E-state index is -0.636. The van der Waals surface area contributed by atoms with Gasteiger partial charge in [-0.2, -0.15) is 0 Å². The first kappa shape index (κ1) is 10.6. The Hall–Kier alpha value is 0.600. The van der Waals surface area contributed by atoms with E-state index in [0.717, 1.165) is 0 Å². The Morgan fingerprint density at radius 3 is 2.10 bits per heavy atom. The molecule has 0 bridgehead atoms. The highest BCUT2D eigenvalue weighted by Crippen LogP contribution is 2.34. The minimum absolute atomic E-state index is 0.252. The predicted molar refractivity (Wildman–Crippen MR) is 47.8 cm³/mol. The lowest BCUT2D eigenvalue weighted by molar-refractivity contribution is -0.118. The van der Waals surface area contributed by atoms with Gasteiger partial charge < -0.3 is 0 Å². The van der Waals surface area contributed by atoms with Crippen molar-refractivity contribution in [2.75, 3.05) is 6.26 Å². The molecule has 0 heterocycles. The van der Waals surface area contributed by atoms with Crippen molar-refractivity contribution in [3.63, 3.8) is 0 Å². The first-order valence-corrected chi connectivity index (χ1v) is 4.90. The topological polar surface area (TPSA) is 17.1 Å². The second-order valence-corrected chi connectivity index (χ2v) is 4.53. The molecule has 0 saturated carbocycles. The van der Waals surface area contributed by atoms with Gasteiger partial charge in [-0.1, -0.05) is 0 Å². The molecule has 1 unspecified atom stereocenters. The van der Waals surface area contributed by atoms with E-state index in [2.05, 4.69) is 0 Å². The highest BCUT2D eigenvalue weighted by atomic mass is 35.5. The number of thioether (sulfide) groups is 1. The summed E-state index contributed by atoms with van der Waals surface area (Å²) in [6.45, 7) is 3.47. The van der Waals surface area contributed by atoms with Crippen LogP contribution in [0.1, 0.15) is 13.8 Å². The van der Waals surface area contributed by atoms with Crippen LogP contribution in [0.25, 0.3) is 0 Å². The Kier molecular flexibility index (Phi) is 4.07. The van der Waals surface area contributed by atoms with Crippen molar-refractivity contribution in [3.8, 4) is 0 Å². The van der Waals surface area contributed by atoms with E-state index in [1.54, 1.807) is 13.8 Å². The average molecular weight is 201 g/mol. The van der Waals surface area contributed by atoms with Gasteiger partial charge in [0.05, 0.1) is 10.1 Å². The molecule has 0 aromatic rings. The van der Waals surface area contributed by atoms with Crippen molar-refractivity contribution < 1.29 is 4.79 Å². The first-order chi connectivity index (χ1) is 4.42. The highest BCUT2D eigenvalue weighted by molar-refractivity contribution is 8.00. The summed E-state index contributed by atoms with van der Waals surface area (Å²) in [5.41, 5.74) is -0.636. The molecule has 0 radical (unpaired) electrons. The highest BCUT2D eigenvalue weighted by Gasteiger charge is 2.33. The van der Waals surface area contributed by atoms with Gasteiger partial charge in [0.25, 0.3) is 0 Å². The van der Waals surface area contributed by atoms with Crippen LogP contribution in [-0.2, 0) is 4.79 Å². The molecule has 1 nitrogen and oxygen atoms in total. The van der Waals surface area contributed by atoms with E-state index in [1.807, 2.05) is 6.26 Å². The summed E-state index contributed by atoms with van der Waals surface area (Å²) in [7, 11) is 0. The van der Waals surface area contributed by atoms with E-state index in [9.17, 15) is 4.79 Å². The van der Waals surface area contributed by atoms with Gasteiger partial charge in [-0.3, -0.25) is 4.79 Å². The fourth-order valence-electron chi connectivity index (χ4n) is 0.384. The monoisotopic (exact) mass is 200 g/mol.